The lowest BCUT2D eigenvalue weighted by atomic mass is 10.1. The Morgan fingerprint density at radius 1 is 1.36 bits per heavy atom. The zero-order valence-corrected chi connectivity index (χ0v) is 12.4. The van der Waals surface area contributed by atoms with Gasteiger partial charge in [-0.25, -0.2) is 4.79 Å². The minimum absolute atomic E-state index is 0.297. The van der Waals surface area contributed by atoms with Gasteiger partial charge >= 0.3 is 5.97 Å². The number of nitrogens with one attached hydrogen (secondary N) is 1. The summed E-state index contributed by atoms with van der Waals surface area (Å²) in [4.78, 5) is 28.4. The number of carbonyl (C=O) groups is 2. The fourth-order valence-corrected chi connectivity index (χ4v) is 2.48. The molecule has 1 atom stereocenters. The third-order valence-corrected chi connectivity index (χ3v) is 3.91. The zero-order valence-electron chi connectivity index (χ0n) is 12.4. The maximum Gasteiger partial charge on any atom is 0.328 e. The first-order chi connectivity index (χ1) is 10.7. The first kappa shape index (κ1) is 14.5. The van der Waals surface area contributed by atoms with Crippen molar-refractivity contribution < 1.29 is 14.3 Å². The van der Waals surface area contributed by atoms with E-state index < -0.39 is 12.0 Å². The molecule has 1 aromatic carbocycles. The second-order valence-corrected chi connectivity index (χ2v) is 5.64. The molecule has 0 spiro atoms. The second-order valence-electron chi connectivity index (χ2n) is 5.64. The number of para-hydroxylation sites is 1. The van der Waals surface area contributed by atoms with Crippen molar-refractivity contribution in [3.8, 4) is 0 Å². The lowest BCUT2D eigenvalue weighted by Gasteiger charge is -2.16. The molecule has 0 radical (unpaired) electrons. The quantitative estimate of drug-likeness (QED) is 0.860. The van der Waals surface area contributed by atoms with Crippen LogP contribution >= 0.6 is 0 Å². The number of hydrogen-bond donors (Lipinski definition) is 1. The van der Waals surface area contributed by atoms with Gasteiger partial charge in [0.15, 0.2) is 0 Å². The Kier molecular flexibility index (Phi) is 4.04. The number of fused-ring (bicyclic) bond motifs is 1. The Bertz CT molecular complexity index is 710. The largest absolute Gasteiger partial charge is 0.467 e. The normalized spacial score (nSPS) is 15.3. The van der Waals surface area contributed by atoms with Crippen LogP contribution in [0.2, 0.25) is 0 Å². The van der Waals surface area contributed by atoms with Crippen molar-refractivity contribution in [2.45, 2.75) is 25.3 Å². The molecular weight excluding hydrogens is 280 g/mol. The van der Waals surface area contributed by atoms with E-state index >= 15 is 0 Å². The number of carbonyl (C=O) groups excluding carboxylic acids is 2. The van der Waals surface area contributed by atoms with Crippen LogP contribution in [0.1, 0.15) is 29.6 Å². The van der Waals surface area contributed by atoms with E-state index in [-0.39, 0.29) is 5.91 Å². The molecule has 0 bridgehead atoms. The van der Waals surface area contributed by atoms with Gasteiger partial charge in [0.25, 0.3) is 5.91 Å². The first-order valence-corrected chi connectivity index (χ1v) is 7.41. The van der Waals surface area contributed by atoms with E-state index in [1.165, 1.54) is 13.3 Å². The molecule has 1 N–H and O–H groups in total. The average molecular weight is 298 g/mol. The van der Waals surface area contributed by atoms with E-state index in [1.807, 2.05) is 24.3 Å². The molecule has 1 saturated carbocycles. The van der Waals surface area contributed by atoms with E-state index in [0.717, 1.165) is 23.7 Å². The summed E-state index contributed by atoms with van der Waals surface area (Å²) in [6.07, 6.45) is 4.39. The molecule has 5 heteroatoms. The minimum atomic E-state index is -0.587. The smallest absolute Gasteiger partial charge is 0.328 e. The van der Waals surface area contributed by atoms with Crippen LogP contribution in [0.4, 0.5) is 0 Å². The molecule has 1 fully saturated rings. The third kappa shape index (κ3) is 3.24. The van der Waals surface area contributed by atoms with Crippen LogP contribution < -0.4 is 5.32 Å². The molecule has 1 aliphatic rings. The summed E-state index contributed by atoms with van der Waals surface area (Å²) in [5.74, 6) is -0.178. The lowest BCUT2D eigenvalue weighted by Crippen LogP contribution is -2.41. The molecule has 3 rings (SSSR count). The molecule has 1 aliphatic carbocycles. The third-order valence-electron chi connectivity index (χ3n) is 3.91. The van der Waals surface area contributed by atoms with Gasteiger partial charge in [0, 0.05) is 11.6 Å². The zero-order chi connectivity index (χ0) is 15.5. The van der Waals surface area contributed by atoms with Crippen LogP contribution in [0, 0.1) is 5.92 Å². The number of pyridine rings is 1. The van der Waals surface area contributed by atoms with Crippen LogP contribution in [-0.2, 0) is 9.53 Å². The second kappa shape index (κ2) is 6.13. The molecule has 0 aliphatic heterocycles. The van der Waals surface area contributed by atoms with Crippen LogP contribution in [-0.4, -0.2) is 30.0 Å². The van der Waals surface area contributed by atoms with Gasteiger partial charge in [0.1, 0.15) is 6.04 Å². The Labute approximate surface area is 128 Å². The van der Waals surface area contributed by atoms with Crippen molar-refractivity contribution in [2.24, 2.45) is 5.92 Å². The number of rotatable bonds is 5. The van der Waals surface area contributed by atoms with Gasteiger partial charge in [-0.3, -0.25) is 9.78 Å². The highest BCUT2D eigenvalue weighted by atomic mass is 16.5. The highest BCUT2D eigenvalue weighted by Crippen LogP contribution is 2.33. The summed E-state index contributed by atoms with van der Waals surface area (Å²) in [7, 11) is 1.34. The van der Waals surface area contributed by atoms with Crippen molar-refractivity contribution in [2.75, 3.05) is 7.11 Å². The van der Waals surface area contributed by atoms with Crippen LogP contribution in [0.25, 0.3) is 10.9 Å². The summed E-state index contributed by atoms with van der Waals surface area (Å²) >= 11 is 0. The van der Waals surface area contributed by atoms with Gasteiger partial charge in [0.2, 0.25) is 0 Å². The van der Waals surface area contributed by atoms with E-state index in [0.29, 0.717) is 17.9 Å². The Hall–Kier alpha value is -2.43. The van der Waals surface area contributed by atoms with Gasteiger partial charge in [0.05, 0.1) is 18.2 Å². The molecule has 5 nitrogen and oxygen atoms in total. The van der Waals surface area contributed by atoms with Crippen LogP contribution in [0.3, 0.4) is 0 Å². The van der Waals surface area contributed by atoms with Gasteiger partial charge in [-0.05, 0) is 24.5 Å². The molecule has 22 heavy (non-hydrogen) atoms. The molecule has 1 aromatic heterocycles. The molecule has 1 heterocycles. The summed E-state index contributed by atoms with van der Waals surface area (Å²) < 4.78 is 4.78. The van der Waals surface area contributed by atoms with Crippen molar-refractivity contribution in [1.29, 1.82) is 0 Å². The SMILES string of the molecule is COC(=O)[C@@H](CC1CC1)NC(=O)c1cnc2ccccc2c1. The fraction of sp³-hybridized carbons (Fsp3) is 0.353. The molecule has 0 unspecified atom stereocenters. The van der Waals surface area contributed by atoms with Crippen molar-refractivity contribution in [3.63, 3.8) is 0 Å². The van der Waals surface area contributed by atoms with Crippen molar-refractivity contribution in [1.82, 2.24) is 10.3 Å². The standard InChI is InChI=1S/C17H18N2O3/c1-22-17(21)15(8-11-6-7-11)19-16(20)13-9-12-4-2-3-5-14(12)18-10-13/h2-5,9-11,15H,6-8H2,1H3,(H,19,20)/t15-/m1/s1. The summed E-state index contributed by atoms with van der Waals surface area (Å²) in [5, 5.41) is 3.66. The van der Waals surface area contributed by atoms with Gasteiger partial charge in [-0.1, -0.05) is 31.0 Å². The number of hydrogen-bond acceptors (Lipinski definition) is 4. The Morgan fingerprint density at radius 2 is 2.14 bits per heavy atom. The number of amides is 1. The summed E-state index contributed by atoms with van der Waals surface area (Å²) in [6, 6.07) is 8.79. The topological polar surface area (TPSA) is 68.3 Å². The van der Waals surface area contributed by atoms with Gasteiger partial charge in [-0.15, -0.1) is 0 Å². The highest BCUT2D eigenvalue weighted by molar-refractivity contribution is 5.99. The molecule has 1 amide bonds. The number of benzene rings is 1. The van der Waals surface area contributed by atoms with Gasteiger partial charge in [-0.2, -0.15) is 0 Å². The fourth-order valence-electron chi connectivity index (χ4n) is 2.48. The molecule has 2 aromatic rings. The van der Waals surface area contributed by atoms with Gasteiger partial charge < -0.3 is 10.1 Å². The Balaban J connectivity index is 1.76. The van der Waals surface area contributed by atoms with Crippen LogP contribution in [0.15, 0.2) is 36.5 Å². The monoisotopic (exact) mass is 298 g/mol. The molecule has 0 saturated heterocycles. The minimum Gasteiger partial charge on any atom is -0.467 e. The summed E-state index contributed by atoms with van der Waals surface area (Å²) in [6.45, 7) is 0. The number of ether oxygens (including phenoxy) is 1. The average Bonchev–Trinajstić information content (AvgIpc) is 3.37. The van der Waals surface area contributed by atoms with E-state index in [2.05, 4.69) is 10.3 Å². The maximum atomic E-state index is 12.4. The lowest BCUT2D eigenvalue weighted by molar-refractivity contribution is -0.143. The first-order valence-electron chi connectivity index (χ1n) is 7.41. The number of esters is 1. The number of nitrogens with zero attached hydrogens (tertiary/aromatic N) is 1. The molecule has 114 valence electrons. The Morgan fingerprint density at radius 3 is 2.86 bits per heavy atom. The van der Waals surface area contributed by atoms with Crippen LogP contribution in [0.5, 0.6) is 0 Å². The van der Waals surface area contributed by atoms with Crippen molar-refractivity contribution in [3.05, 3.63) is 42.1 Å². The van der Waals surface area contributed by atoms with Crippen molar-refractivity contribution >= 4 is 22.8 Å². The predicted octanol–water partition coefficient (Wildman–Crippen LogP) is 2.31. The number of methoxy groups -OCH3 is 1. The molecular formula is C17H18N2O3. The van der Waals surface area contributed by atoms with E-state index in [4.69, 9.17) is 4.74 Å². The maximum absolute atomic E-state index is 12.4. The van der Waals surface area contributed by atoms with E-state index in [9.17, 15) is 9.59 Å². The highest BCUT2D eigenvalue weighted by Gasteiger charge is 2.31. The number of aromatic nitrogens is 1. The van der Waals surface area contributed by atoms with E-state index in [1.54, 1.807) is 6.07 Å². The predicted molar refractivity (Wildman–Crippen MR) is 82.4 cm³/mol. The summed E-state index contributed by atoms with van der Waals surface area (Å²) in [5.41, 5.74) is 1.28.